The quantitative estimate of drug-likeness (QED) is 0.771. The molecule has 2 N–H and O–H groups in total. The summed E-state index contributed by atoms with van der Waals surface area (Å²) in [7, 11) is 0. The van der Waals surface area contributed by atoms with Crippen LogP contribution in [0.25, 0.3) is 0 Å². The first-order chi connectivity index (χ1) is 8.61. The van der Waals surface area contributed by atoms with Gasteiger partial charge in [-0.2, -0.15) is 5.26 Å². The molecule has 0 aliphatic carbocycles. The van der Waals surface area contributed by atoms with Gasteiger partial charge in [0.1, 0.15) is 11.8 Å². The number of carbonyl (C=O) groups is 1. The third-order valence-corrected chi connectivity index (χ3v) is 2.70. The summed E-state index contributed by atoms with van der Waals surface area (Å²) in [4.78, 5) is 14.4. The molecule has 0 bridgehead atoms. The third kappa shape index (κ3) is 5.30. The lowest BCUT2D eigenvalue weighted by Crippen LogP contribution is -2.08. The minimum atomic E-state index is -0.744. The Bertz CT molecular complexity index is 423. The Morgan fingerprint density at radius 3 is 2.89 bits per heavy atom. The van der Waals surface area contributed by atoms with Crippen LogP contribution in [0.5, 0.6) is 0 Å². The summed E-state index contributed by atoms with van der Waals surface area (Å²) in [6.45, 7) is 2.82. The first kappa shape index (κ1) is 14.0. The molecule has 5 heteroatoms. The van der Waals surface area contributed by atoms with Crippen LogP contribution in [-0.4, -0.2) is 22.6 Å². The van der Waals surface area contributed by atoms with E-state index >= 15 is 0 Å². The summed E-state index contributed by atoms with van der Waals surface area (Å²) >= 11 is 0. The number of nitrogens with one attached hydrogen (secondary N) is 1. The van der Waals surface area contributed by atoms with E-state index in [2.05, 4.69) is 10.3 Å². The van der Waals surface area contributed by atoms with Gasteiger partial charge in [-0.1, -0.05) is 6.92 Å². The van der Waals surface area contributed by atoms with Crippen LogP contribution in [0, 0.1) is 17.2 Å². The van der Waals surface area contributed by atoms with E-state index in [4.69, 9.17) is 10.4 Å². The van der Waals surface area contributed by atoms with Gasteiger partial charge in [-0.05, 0) is 30.9 Å². The zero-order chi connectivity index (χ0) is 13.4. The number of pyridine rings is 1. The molecule has 0 amide bonds. The van der Waals surface area contributed by atoms with Crippen molar-refractivity contribution in [2.24, 2.45) is 5.92 Å². The Morgan fingerprint density at radius 1 is 1.56 bits per heavy atom. The fourth-order valence-corrected chi connectivity index (χ4v) is 1.54. The van der Waals surface area contributed by atoms with Gasteiger partial charge < -0.3 is 10.4 Å². The number of carboxylic acid groups (broad SMARTS) is 1. The number of aliphatic carboxylic acids is 1. The van der Waals surface area contributed by atoms with E-state index in [-0.39, 0.29) is 6.42 Å². The molecule has 1 rings (SSSR count). The van der Waals surface area contributed by atoms with Crippen LogP contribution in [-0.2, 0) is 4.79 Å². The second kappa shape index (κ2) is 7.28. The van der Waals surface area contributed by atoms with Gasteiger partial charge in [0.25, 0.3) is 0 Å². The van der Waals surface area contributed by atoms with E-state index in [1.165, 1.54) is 0 Å². The lowest BCUT2D eigenvalue weighted by Gasteiger charge is -2.11. The summed E-state index contributed by atoms with van der Waals surface area (Å²) in [5.74, 6) is -0.369. The smallest absolute Gasteiger partial charge is 0.303 e. The third-order valence-electron chi connectivity index (χ3n) is 2.70. The van der Waals surface area contributed by atoms with Crippen LogP contribution in [0.4, 0.5) is 5.69 Å². The molecule has 0 radical (unpaired) electrons. The topological polar surface area (TPSA) is 86.0 Å². The highest BCUT2D eigenvalue weighted by Gasteiger charge is 2.05. The van der Waals surface area contributed by atoms with Crippen LogP contribution in [0.2, 0.25) is 0 Å². The van der Waals surface area contributed by atoms with E-state index in [1.807, 2.05) is 19.1 Å². The van der Waals surface area contributed by atoms with Crippen molar-refractivity contribution in [1.29, 1.82) is 5.26 Å². The number of aromatic nitrogens is 1. The lowest BCUT2D eigenvalue weighted by molar-refractivity contribution is -0.137. The number of hydrogen-bond acceptors (Lipinski definition) is 4. The van der Waals surface area contributed by atoms with Crippen LogP contribution in [0.1, 0.15) is 31.9 Å². The average molecular weight is 247 g/mol. The van der Waals surface area contributed by atoms with E-state index in [9.17, 15) is 4.79 Å². The van der Waals surface area contributed by atoms with Gasteiger partial charge in [0.05, 0.1) is 11.9 Å². The van der Waals surface area contributed by atoms with Crippen molar-refractivity contribution in [3.63, 3.8) is 0 Å². The molecule has 0 fully saturated rings. The lowest BCUT2D eigenvalue weighted by atomic mass is 10.0. The Morgan fingerprint density at radius 2 is 2.33 bits per heavy atom. The standard InChI is InChI=1S/C13H17N3O2/c1-10(2-5-13(17)18)6-7-15-12-4-3-11(8-14)16-9-12/h3-4,9-10,15H,2,5-7H2,1H3,(H,17,18). The van der Waals surface area contributed by atoms with Crippen molar-refractivity contribution in [3.8, 4) is 6.07 Å². The monoisotopic (exact) mass is 247 g/mol. The molecule has 0 aliphatic rings. The number of nitrogens with zero attached hydrogens (tertiary/aromatic N) is 2. The Kier molecular flexibility index (Phi) is 5.65. The summed E-state index contributed by atoms with van der Waals surface area (Å²) in [5.41, 5.74) is 1.27. The number of rotatable bonds is 7. The van der Waals surface area contributed by atoms with Crippen molar-refractivity contribution in [3.05, 3.63) is 24.0 Å². The maximum absolute atomic E-state index is 10.4. The maximum atomic E-state index is 10.4. The van der Waals surface area contributed by atoms with E-state index < -0.39 is 5.97 Å². The summed E-state index contributed by atoms with van der Waals surface area (Å²) < 4.78 is 0. The predicted octanol–water partition coefficient (Wildman–Crippen LogP) is 2.26. The molecule has 18 heavy (non-hydrogen) atoms. The van der Waals surface area contributed by atoms with Crippen LogP contribution >= 0.6 is 0 Å². The van der Waals surface area contributed by atoms with Crippen molar-refractivity contribution >= 4 is 11.7 Å². The van der Waals surface area contributed by atoms with Crippen molar-refractivity contribution < 1.29 is 9.90 Å². The maximum Gasteiger partial charge on any atom is 0.303 e. The molecule has 0 aromatic carbocycles. The van der Waals surface area contributed by atoms with E-state index in [0.717, 1.165) is 18.7 Å². The van der Waals surface area contributed by atoms with Crippen molar-refractivity contribution in [1.82, 2.24) is 4.98 Å². The number of nitriles is 1. The van der Waals surface area contributed by atoms with Gasteiger partial charge in [0.15, 0.2) is 0 Å². The SMILES string of the molecule is CC(CCNc1ccc(C#N)nc1)CCC(=O)O. The normalized spacial score (nSPS) is 11.6. The second-order valence-electron chi connectivity index (χ2n) is 4.30. The molecule has 96 valence electrons. The Hall–Kier alpha value is -2.09. The minimum Gasteiger partial charge on any atom is -0.481 e. The molecule has 5 nitrogen and oxygen atoms in total. The summed E-state index contributed by atoms with van der Waals surface area (Å²) in [5, 5.41) is 20.4. The van der Waals surface area contributed by atoms with E-state index in [1.54, 1.807) is 12.3 Å². The molecule has 0 saturated carbocycles. The predicted molar refractivity (Wildman–Crippen MR) is 68.1 cm³/mol. The molecule has 1 unspecified atom stereocenters. The Balaban J connectivity index is 2.24. The molecule has 1 aromatic rings. The summed E-state index contributed by atoms with van der Waals surface area (Å²) in [6.07, 6.45) is 3.45. The summed E-state index contributed by atoms with van der Waals surface area (Å²) in [6, 6.07) is 5.44. The van der Waals surface area contributed by atoms with Gasteiger partial charge in [-0.25, -0.2) is 4.98 Å². The first-order valence-corrected chi connectivity index (χ1v) is 5.93. The van der Waals surface area contributed by atoms with Gasteiger partial charge in [-0.3, -0.25) is 4.79 Å². The zero-order valence-electron chi connectivity index (χ0n) is 10.4. The number of carboxylic acids is 1. The highest BCUT2D eigenvalue weighted by atomic mass is 16.4. The van der Waals surface area contributed by atoms with Crippen LogP contribution in [0.3, 0.4) is 0 Å². The zero-order valence-corrected chi connectivity index (χ0v) is 10.4. The highest BCUT2D eigenvalue weighted by Crippen LogP contribution is 2.11. The number of hydrogen-bond donors (Lipinski definition) is 2. The average Bonchev–Trinajstić information content (AvgIpc) is 2.37. The van der Waals surface area contributed by atoms with E-state index in [0.29, 0.717) is 18.0 Å². The van der Waals surface area contributed by atoms with Gasteiger partial charge in [0, 0.05) is 13.0 Å². The highest BCUT2D eigenvalue weighted by molar-refractivity contribution is 5.66. The minimum absolute atomic E-state index is 0.222. The van der Waals surface area contributed by atoms with Gasteiger partial charge >= 0.3 is 5.97 Å². The van der Waals surface area contributed by atoms with Crippen LogP contribution in [0.15, 0.2) is 18.3 Å². The molecule has 0 aliphatic heterocycles. The van der Waals surface area contributed by atoms with Crippen LogP contribution < -0.4 is 5.32 Å². The fourth-order valence-electron chi connectivity index (χ4n) is 1.54. The van der Waals surface area contributed by atoms with Gasteiger partial charge in [0.2, 0.25) is 0 Å². The first-order valence-electron chi connectivity index (χ1n) is 5.93. The molecule has 0 spiro atoms. The molecular formula is C13H17N3O2. The van der Waals surface area contributed by atoms with Crippen molar-refractivity contribution in [2.45, 2.75) is 26.2 Å². The van der Waals surface area contributed by atoms with Gasteiger partial charge in [-0.15, -0.1) is 0 Å². The Labute approximate surface area is 106 Å². The largest absolute Gasteiger partial charge is 0.481 e. The molecule has 1 heterocycles. The fraction of sp³-hybridized carbons (Fsp3) is 0.462. The molecule has 0 saturated heterocycles. The molecule has 1 aromatic heterocycles. The molecular weight excluding hydrogens is 230 g/mol. The second-order valence-corrected chi connectivity index (χ2v) is 4.30. The molecule has 1 atom stereocenters. The number of anilines is 1. The van der Waals surface area contributed by atoms with Crippen molar-refractivity contribution in [2.75, 3.05) is 11.9 Å².